The second-order valence-electron chi connectivity index (χ2n) is 6.96. The summed E-state index contributed by atoms with van der Waals surface area (Å²) in [4.78, 5) is 14.3. The molecule has 0 unspecified atom stereocenters. The predicted molar refractivity (Wildman–Crippen MR) is 117 cm³/mol. The molecule has 0 bridgehead atoms. The number of ether oxygens (including phenoxy) is 1. The Morgan fingerprint density at radius 3 is 2.60 bits per heavy atom. The zero-order chi connectivity index (χ0) is 21.1. The maximum atomic E-state index is 13.0. The quantitative estimate of drug-likeness (QED) is 0.264. The number of H-pyrrole nitrogens is 1. The van der Waals surface area contributed by atoms with E-state index in [4.69, 9.17) is 4.74 Å². The van der Waals surface area contributed by atoms with E-state index in [1.807, 2.05) is 42.6 Å². The lowest BCUT2D eigenvalue weighted by atomic mass is 9.91. The predicted octanol–water partition coefficient (Wildman–Crippen LogP) is 6.06. The van der Waals surface area contributed by atoms with E-state index in [2.05, 4.69) is 20.9 Å². The lowest BCUT2D eigenvalue weighted by Gasteiger charge is -2.15. The Balaban J connectivity index is 1.61. The molecule has 1 atom stereocenters. The SMILES string of the molecule is O=[N+]([O-])C[C@@H](c1ccc(OCc2ccc(F)cc2)c(Br)c1)c1c[nH]c2ccccc12. The van der Waals surface area contributed by atoms with Gasteiger partial charge in [-0.2, -0.15) is 0 Å². The number of halogens is 2. The molecular formula is C23H18BrFN2O3. The van der Waals surface area contributed by atoms with Crippen LogP contribution in [0.1, 0.15) is 22.6 Å². The van der Waals surface area contributed by atoms with Gasteiger partial charge in [0.15, 0.2) is 0 Å². The molecular weight excluding hydrogens is 451 g/mol. The third kappa shape index (κ3) is 4.36. The van der Waals surface area contributed by atoms with Crippen molar-refractivity contribution >= 4 is 26.8 Å². The highest BCUT2D eigenvalue weighted by Gasteiger charge is 2.24. The third-order valence-electron chi connectivity index (χ3n) is 4.99. The molecule has 0 saturated heterocycles. The summed E-state index contributed by atoms with van der Waals surface area (Å²) in [5.74, 6) is -0.0844. The topological polar surface area (TPSA) is 68.2 Å². The van der Waals surface area contributed by atoms with Crippen molar-refractivity contribution in [3.63, 3.8) is 0 Å². The van der Waals surface area contributed by atoms with Gasteiger partial charge in [0.05, 0.1) is 10.4 Å². The minimum atomic E-state index is -0.404. The summed E-state index contributed by atoms with van der Waals surface area (Å²) in [5, 5.41) is 12.4. The van der Waals surface area contributed by atoms with E-state index in [0.717, 1.165) is 27.6 Å². The first-order chi connectivity index (χ1) is 14.5. The summed E-state index contributed by atoms with van der Waals surface area (Å²) in [6.45, 7) is 0.0725. The van der Waals surface area contributed by atoms with Crippen LogP contribution in [0.5, 0.6) is 5.75 Å². The summed E-state index contributed by atoms with van der Waals surface area (Å²) in [5.41, 5.74) is 3.49. The van der Waals surface area contributed by atoms with E-state index in [1.165, 1.54) is 12.1 Å². The first kappa shape index (κ1) is 20.1. The van der Waals surface area contributed by atoms with Crippen LogP contribution in [0.2, 0.25) is 0 Å². The molecule has 5 nitrogen and oxygen atoms in total. The number of fused-ring (bicyclic) bond motifs is 1. The molecule has 30 heavy (non-hydrogen) atoms. The first-order valence-corrected chi connectivity index (χ1v) is 10.1. The Morgan fingerprint density at radius 2 is 1.87 bits per heavy atom. The van der Waals surface area contributed by atoms with Gasteiger partial charge in [-0.15, -0.1) is 0 Å². The summed E-state index contributed by atoms with van der Waals surface area (Å²) < 4.78 is 19.6. The molecule has 4 rings (SSSR count). The number of nitrogens with zero attached hydrogens (tertiary/aromatic N) is 1. The zero-order valence-corrected chi connectivity index (χ0v) is 17.4. The fraction of sp³-hybridized carbons (Fsp3) is 0.130. The van der Waals surface area contributed by atoms with Gasteiger partial charge in [-0.05, 0) is 63.0 Å². The minimum absolute atomic E-state index is 0.218. The maximum absolute atomic E-state index is 13.0. The second-order valence-corrected chi connectivity index (χ2v) is 7.82. The van der Waals surface area contributed by atoms with Gasteiger partial charge < -0.3 is 9.72 Å². The van der Waals surface area contributed by atoms with Crippen molar-refractivity contribution in [2.75, 3.05) is 6.54 Å². The smallest absolute Gasteiger partial charge is 0.214 e. The lowest BCUT2D eigenvalue weighted by molar-refractivity contribution is -0.481. The van der Waals surface area contributed by atoms with E-state index in [9.17, 15) is 14.5 Å². The molecule has 0 radical (unpaired) electrons. The Hall–Kier alpha value is -3.19. The minimum Gasteiger partial charge on any atom is -0.488 e. The number of hydrogen-bond acceptors (Lipinski definition) is 3. The molecule has 0 aliphatic carbocycles. The van der Waals surface area contributed by atoms with Crippen molar-refractivity contribution in [3.8, 4) is 5.75 Å². The summed E-state index contributed by atoms with van der Waals surface area (Å²) in [6.07, 6.45) is 1.84. The fourth-order valence-corrected chi connectivity index (χ4v) is 4.02. The van der Waals surface area contributed by atoms with E-state index >= 15 is 0 Å². The van der Waals surface area contributed by atoms with Gasteiger partial charge in [0.1, 0.15) is 18.2 Å². The lowest BCUT2D eigenvalue weighted by Crippen LogP contribution is -2.14. The van der Waals surface area contributed by atoms with Crippen LogP contribution >= 0.6 is 15.9 Å². The molecule has 4 aromatic rings. The van der Waals surface area contributed by atoms with Crippen molar-refractivity contribution in [2.45, 2.75) is 12.5 Å². The Morgan fingerprint density at radius 1 is 1.10 bits per heavy atom. The number of hydrogen-bond donors (Lipinski definition) is 1. The standard InChI is InChI=1S/C23H18BrFN2O3/c24-21-11-16(7-10-23(21)30-14-15-5-8-17(25)9-6-15)20(13-27(28)29)19-12-26-22-4-2-1-3-18(19)22/h1-12,20,26H,13-14H2/t20-/m0/s1. The van der Waals surface area contributed by atoms with Gasteiger partial charge in [0.25, 0.3) is 0 Å². The average molecular weight is 469 g/mol. The van der Waals surface area contributed by atoms with Crippen LogP contribution in [0.3, 0.4) is 0 Å². The molecule has 1 N–H and O–H groups in total. The number of para-hydroxylation sites is 1. The Kier molecular flexibility index (Phi) is 5.81. The average Bonchev–Trinajstić information content (AvgIpc) is 3.16. The summed E-state index contributed by atoms with van der Waals surface area (Å²) in [7, 11) is 0. The molecule has 1 heterocycles. The van der Waals surface area contributed by atoms with Crippen LogP contribution < -0.4 is 4.74 Å². The van der Waals surface area contributed by atoms with Crippen molar-refractivity contribution in [3.05, 3.63) is 110 Å². The number of nitrogens with one attached hydrogen (secondary N) is 1. The van der Waals surface area contributed by atoms with Gasteiger partial charge in [-0.1, -0.05) is 36.4 Å². The molecule has 7 heteroatoms. The van der Waals surface area contributed by atoms with E-state index in [1.54, 1.807) is 18.2 Å². The van der Waals surface area contributed by atoms with Crippen molar-refractivity contribution in [2.24, 2.45) is 0 Å². The van der Waals surface area contributed by atoms with Crippen LogP contribution in [0, 0.1) is 15.9 Å². The van der Waals surface area contributed by atoms with Crippen molar-refractivity contribution in [1.29, 1.82) is 0 Å². The van der Waals surface area contributed by atoms with Crippen LogP contribution in [0.25, 0.3) is 10.9 Å². The van der Waals surface area contributed by atoms with Gasteiger partial charge >= 0.3 is 0 Å². The Bertz CT molecular complexity index is 1190. The van der Waals surface area contributed by atoms with Gasteiger partial charge in [-0.3, -0.25) is 10.1 Å². The maximum Gasteiger partial charge on any atom is 0.214 e. The Labute approximate surface area is 180 Å². The van der Waals surface area contributed by atoms with Gasteiger partial charge in [0, 0.05) is 22.0 Å². The molecule has 0 fully saturated rings. The van der Waals surface area contributed by atoms with Crippen LogP contribution in [0.15, 0.2) is 77.4 Å². The van der Waals surface area contributed by atoms with E-state index in [-0.39, 0.29) is 17.3 Å². The number of aromatic amines is 1. The highest BCUT2D eigenvalue weighted by Crippen LogP contribution is 2.35. The molecule has 0 spiro atoms. The molecule has 1 aromatic heterocycles. The summed E-state index contributed by atoms with van der Waals surface area (Å²) in [6, 6.07) is 19.4. The molecule has 0 amide bonds. The highest BCUT2D eigenvalue weighted by atomic mass is 79.9. The first-order valence-electron chi connectivity index (χ1n) is 9.36. The van der Waals surface area contributed by atoms with Crippen LogP contribution in [-0.2, 0) is 6.61 Å². The number of aromatic nitrogens is 1. The fourth-order valence-electron chi connectivity index (χ4n) is 3.51. The van der Waals surface area contributed by atoms with E-state index < -0.39 is 5.92 Å². The van der Waals surface area contributed by atoms with Gasteiger partial charge in [-0.25, -0.2) is 4.39 Å². The largest absolute Gasteiger partial charge is 0.488 e. The zero-order valence-electron chi connectivity index (χ0n) is 15.8. The molecule has 0 aliphatic rings. The molecule has 3 aromatic carbocycles. The van der Waals surface area contributed by atoms with Gasteiger partial charge in [0.2, 0.25) is 6.54 Å². The summed E-state index contributed by atoms with van der Waals surface area (Å²) >= 11 is 3.52. The van der Waals surface area contributed by atoms with Crippen molar-refractivity contribution < 1.29 is 14.1 Å². The highest BCUT2D eigenvalue weighted by molar-refractivity contribution is 9.10. The number of nitro groups is 1. The third-order valence-corrected chi connectivity index (χ3v) is 5.61. The van der Waals surface area contributed by atoms with E-state index in [0.29, 0.717) is 16.8 Å². The van der Waals surface area contributed by atoms with Crippen LogP contribution in [-0.4, -0.2) is 16.5 Å². The van der Waals surface area contributed by atoms with Crippen LogP contribution in [0.4, 0.5) is 4.39 Å². The number of rotatable bonds is 7. The molecule has 152 valence electrons. The monoisotopic (exact) mass is 468 g/mol. The number of benzene rings is 3. The van der Waals surface area contributed by atoms with Crippen molar-refractivity contribution in [1.82, 2.24) is 4.98 Å². The second kappa shape index (κ2) is 8.67. The molecule has 0 saturated carbocycles. The normalized spacial score (nSPS) is 12.1. The molecule has 0 aliphatic heterocycles.